The number of benzene rings is 1. The Morgan fingerprint density at radius 3 is 2.33 bits per heavy atom. The van der Waals surface area contributed by atoms with Crippen LogP contribution in [0.1, 0.15) is 16.7 Å². The lowest BCUT2D eigenvalue weighted by molar-refractivity contribution is 0.132. The van der Waals surface area contributed by atoms with Gasteiger partial charge in [-0.25, -0.2) is 13.6 Å². The number of primary sulfonamides is 1. The van der Waals surface area contributed by atoms with E-state index >= 15 is 0 Å². The molecule has 0 aromatic heterocycles. The molecule has 0 atom stereocenters. The average Bonchev–Trinajstić information content (AvgIpc) is 2.42. The number of nitrogens with two attached hydrogens (primary N) is 1. The maximum absolute atomic E-state index is 11.0. The van der Waals surface area contributed by atoms with Gasteiger partial charge in [0.2, 0.25) is 10.0 Å². The van der Waals surface area contributed by atoms with Crippen molar-refractivity contribution in [2.75, 3.05) is 38.5 Å². The van der Waals surface area contributed by atoms with Gasteiger partial charge in [-0.2, -0.15) is 0 Å². The molecule has 21 heavy (non-hydrogen) atoms. The van der Waals surface area contributed by atoms with Crippen LogP contribution in [0.15, 0.2) is 18.2 Å². The van der Waals surface area contributed by atoms with E-state index in [0.29, 0.717) is 6.54 Å². The summed E-state index contributed by atoms with van der Waals surface area (Å²) in [6.45, 7) is 9.57. The molecule has 0 amide bonds. The van der Waals surface area contributed by atoms with Gasteiger partial charge in [0.1, 0.15) is 0 Å². The SMILES string of the molecule is Cc1cccc(CN2CCN(CCS(N)(=O)=O)CC2)c1C. The van der Waals surface area contributed by atoms with Crippen LogP contribution in [0.3, 0.4) is 0 Å². The maximum atomic E-state index is 11.0. The molecule has 1 aliphatic rings. The molecule has 1 aromatic carbocycles. The van der Waals surface area contributed by atoms with Gasteiger partial charge in [-0.3, -0.25) is 9.80 Å². The van der Waals surface area contributed by atoms with Gasteiger partial charge in [0.15, 0.2) is 0 Å². The van der Waals surface area contributed by atoms with Crippen LogP contribution in [-0.4, -0.2) is 56.7 Å². The molecule has 0 saturated carbocycles. The molecule has 0 radical (unpaired) electrons. The Hall–Kier alpha value is -0.950. The van der Waals surface area contributed by atoms with Crippen molar-refractivity contribution in [2.45, 2.75) is 20.4 Å². The monoisotopic (exact) mass is 311 g/mol. The molecule has 5 nitrogen and oxygen atoms in total. The van der Waals surface area contributed by atoms with Crippen molar-refractivity contribution >= 4 is 10.0 Å². The smallest absolute Gasteiger partial charge is 0.210 e. The Morgan fingerprint density at radius 1 is 1.10 bits per heavy atom. The Labute approximate surface area is 127 Å². The van der Waals surface area contributed by atoms with Crippen molar-refractivity contribution in [3.05, 3.63) is 34.9 Å². The van der Waals surface area contributed by atoms with Crippen LogP contribution in [0.2, 0.25) is 0 Å². The van der Waals surface area contributed by atoms with Crippen molar-refractivity contribution in [1.29, 1.82) is 0 Å². The van der Waals surface area contributed by atoms with E-state index in [1.807, 2.05) is 0 Å². The second kappa shape index (κ2) is 6.87. The fourth-order valence-corrected chi connectivity index (χ4v) is 3.16. The van der Waals surface area contributed by atoms with E-state index < -0.39 is 10.0 Å². The van der Waals surface area contributed by atoms with Gasteiger partial charge >= 0.3 is 0 Å². The predicted octanol–water partition coefficient (Wildman–Crippen LogP) is 0.710. The Bertz CT molecular complexity index is 579. The van der Waals surface area contributed by atoms with Crippen LogP contribution in [0, 0.1) is 13.8 Å². The molecule has 2 rings (SSSR count). The highest BCUT2D eigenvalue weighted by Crippen LogP contribution is 2.16. The third kappa shape index (κ3) is 5.07. The summed E-state index contributed by atoms with van der Waals surface area (Å²) in [5, 5.41) is 5.05. The molecular formula is C15H25N3O2S. The third-order valence-corrected chi connectivity index (χ3v) is 5.02. The first-order valence-electron chi connectivity index (χ1n) is 7.35. The molecule has 1 aliphatic heterocycles. The minimum Gasteiger partial charge on any atom is -0.300 e. The normalized spacial score (nSPS) is 18.0. The molecule has 1 heterocycles. The van der Waals surface area contributed by atoms with Crippen LogP contribution in [-0.2, 0) is 16.6 Å². The highest BCUT2D eigenvalue weighted by molar-refractivity contribution is 7.89. The fourth-order valence-electron chi connectivity index (χ4n) is 2.65. The van der Waals surface area contributed by atoms with Gasteiger partial charge < -0.3 is 0 Å². The quantitative estimate of drug-likeness (QED) is 0.870. The topological polar surface area (TPSA) is 66.6 Å². The third-order valence-electron chi connectivity index (χ3n) is 4.27. The molecule has 1 saturated heterocycles. The second-order valence-electron chi connectivity index (χ2n) is 5.84. The first-order valence-corrected chi connectivity index (χ1v) is 9.07. The minimum absolute atomic E-state index is 0.0456. The summed E-state index contributed by atoms with van der Waals surface area (Å²) in [6.07, 6.45) is 0. The van der Waals surface area contributed by atoms with Crippen LogP contribution in [0.5, 0.6) is 0 Å². The van der Waals surface area contributed by atoms with Gasteiger partial charge in [-0.15, -0.1) is 0 Å². The highest BCUT2D eigenvalue weighted by atomic mass is 32.2. The summed E-state index contributed by atoms with van der Waals surface area (Å²) in [4.78, 5) is 4.60. The first kappa shape index (κ1) is 16.4. The second-order valence-corrected chi connectivity index (χ2v) is 7.58. The van der Waals surface area contributed by atoms with Crippen molar-refractivity contribution in [2.24, 2.45) is 5.14 Å². The number of aryl methyl sites for hydroxylation is 1. The number of hydrogen-bond acceptors (Lipinski definition) is 4. The zero-order valence-electron chi connectivity index (χ0n) is 12.9. The number of rotatable bonds is 5. The van der Waals surface area contributed by atoms with Gasteiger partial charge in [-0.1, -0.05) is 18.2 Å². The summed E-state index contributed by atoms with van der Waals surface area (Å²) in [6, 6.07) is 6.44. The lowest BCUT2D eigenvalue weighted by Gasteiger charge is -2.34. The number of piperazine rings is 1. The summed E-state index contributed by atoms with van der Waals surface area (Å²) in [5.41, 5.74) is 4.08. The molecular weight excluding hydrogens is 286 g/mol. The number of hydrogen-bond donors (Lipinski definition) is 1. The van der Waals surface area contributed by atoms with Crippen LogP contribution < -0.4 is 5.14 Å². The average molecular weight is 311 g/mol. The molecule has 2 N–H and O–H groups in total. The molecule has 1 fully saturated rings. The van der Waals surface area contributed by atoms with Crippen LogP contribution in [0.25, 0.3) is 0 Å². The minimum atomic E-state index is -3.35. The Balaban J connectivity index is 1.83. The maximum Gasteiger partial charge on any atom is 0.210 e. The predicted molar refractivity (Wildman–Crippen MR) is 85.6 cm³/mol. The summed E-state index contributed by atoms with van der Waals surface area (Å²) in [5.74, 6) is 0.0456. The summed E-state index contributed by atoms with van der Waals surface area (Å²) < 4.78 is 22.0. The zero-order valence-corrected chi connectivity index (χ0v) is 13.7. The molecule has 0 unspecified atom stereocenters. The standard InChI is InChI=1S/C15H25N3O2S/c1-13-4-3-5-15(14(13)2)12-18-8-6-17(7-9-18)10-11-21(16,19)20/h3-5H,6-12H2,1-2H3,(H2,16,19,20). The van der Waals surface area contributed by atoms with Crippen LogP contribution >= 0.6 is 0 Å². The van der Waals surface area contributed by atoms with Gasteiger partial charge in [0.25, 0.3) is 0 Å². The van der Waals surface area contributed by atoms with Crippen molar-refractivity contribution in [3.8, 4) is 0 Å². The van der Waals surface area contributed by atoms with E-state index in [9.17, 15) is 8.42 Å². The molecule has 1 aromatic rings. The van der Waals surface area contributed by atoms with E-state index in [2.05, 4.69) is 41.8 Å². The van der Waals surface area contributed by atoms with E-state index in [1.54, 1.807) is 0 Å². The van der Waals surface area contributed by atoms with Gasteiger partial charge in [-0.05, 0) is 30.5 Å². The molecule has 118 valence electrons. The van der Waals surface area contributed by atoms with E-state index in [0.717, 1.165) is 32.7 Å². The van der Waals surface area contributed by atoms with E-state index in [1.165, 1.54) is 16.7 Å². The zero-order chi connectivity index (χ0) is 15.5. The van der Waals surface area contributed by atoms with Gasteiger partial charge in [0, 0.05) is 39.3 Å². The number of nitrogens with zero attached hydrogens (tertiary/aromatic N) is 2. The van der Waals surface area contributed by atoms with E-state index in [4.69, 9.17) is 5.14 Å². The highest BCUT2D eigenvalue weighted by Gasteiger charge is 2.18. The fraction of sp³-hybridized carbons (Fsp3) is 0.600. The van der Waals surface area contributed by atoms with Crippen molar-refractivity contribution in [3.63, 3.8) is 0 Å². The lowest BCUT2D eigenvalue weighted by atomic mass is 10.0. The van der Waals surface area contributed by atoms with E-state index in [-0.39, 0.29) is 5.75 Å². The largest absolute Gasteiger partial charge is 0.300 e. The Morgan fingerprint density at radius 2 is 1.71 bits per heavy atom. The number of sulfonamides is 1. The summed E-state index contributed by atoms with van der Waals surface area (Å²) >= 11 is 0. The molecule has 6 heteroatoms. The summed E-state index contributed by atoms with van der Waals surface area (Å²) in [7, 11) is -3.35. The van der Waals surface area contributed by atoms with Crippen molar-refractivity contribution < 1.29 is 8.42 Å². The Kier molecular flexibility index (Phi) is 5.37. The molecule has 0 aliphatic carbocycles. The van der Waals surface area contributed by atoms with Gasteiger partial charge in [0.05, 0.1) is 5.75 Å². The molecule has 0 bridgehead atoms. The van der Waals surface area contributed by atoms with Crippen molar-refractivity contribution in [1.82, 2.24) is 9.80 Å². The van der Waals surface area contributed by atoms with Crippen LogP contribution in [0.4, 0.5) is 0 Å². The first-order chi connectivity index (χ1) is 9.85. The molecule has 0 spiro atoms. The lowest BCUT2D eigenvalue weighted by Crippen LogP contribution is -2.47.